The van der Waals surface area contributed by atoms with Gasteiger partial charge in [-0.3, -0.25) is 9.59 Å². The van der Waals surface area contributed by atoms with Gasteiger partial charge in [-0.05, 0) is 6.92 Å². The number of terminal acetylenes is 1. The third-order valence-corrected chi connectivity index (χ3v) is 4.18. The van der Waals surface area contributed by atoms with Gasteiger partial charge >= 0.3 is 11.9 Å². The summed E-state index contributed by atoms with van der Waals surface area (Å²) in [5.41, 5.74) is -0.439. The van der Waals surface area contributed by atoms with Crippen LogP contribution in [0.3, 0.4) is 0 Å². The quantitative estimate of drug-likeness (QED) is 0.580. The van der Waals surface area contributed by atoms with Crippen LogP contribution in [-0.2, 0) is 23.8 Å². The van der Waals surface area contributed by atoms with Gasteiger partial charge in [0.1, 0.15) is 11.5 Å². The molecule has 2 unspecified atom stereocenters. The molecule has 5 nitrogen and oxygen atoms in total. The van der Waals surface area contributed by atoms with Gasteiger partial charge in [0.05, 0.1) is 11.9 Å². The maximum atomic E-state index is 11.3. The van der Waals surface area contributed by atoms with Crippen LogP contribution in [0.4, 0.5) is 0 Å². The van der Waals surface area contributed by atoms with E-state index in [4.69, 9.17) is 20.6 Å². The van der Waals surface area contributed by atoms with Crippen LogP contribution in [-0.4, -0.2) is 41.4 Å². The van der Waals surface area contributed by atoms with Crippen molar-refractivity contribution in [2.45, 2.75) is 51.4 Å². The molecule has 1 rings (SSSR count). The van der Waals surface area contributed by atoms with Crippen molar-refractivity contribution in [3.05, 3.63) is 0 Å². The van der Waals surface area contributed by atoms with E-state index < -0.39 is 29.6 Å². The first-order valence-electron chi connectivity index (χ1n) is 6.41. The molecule has 6 heteroatoms. The van der Waals surface area contributed by atoms with Gasteiger partial charge in [-0.15, -0.1) is 18.2 Å². The Morgan fingerprint density at radius 3 is 2.25 bits per heavy atom. The van der Waals surface area contributed by atoms with Gasteiger partial charge in [-0.1, -0.05) is 12.8 Å². The number of thioether (sulfide) groups is 1. The lowest BCUT2D eigenvalue weighted by atomic mass is 9.92. The molecular weight excluding hydrogens is 280 g/mol. The van der Waals surface area contributed by atoms with Gasteiger partial charge in [-0.2, -0.15) is 0 Å². The highest BCUT2D eigenvalue weighted by atomic mass is 32.2. The first-order chi connectivity index (χ1) is 9.36. The van der Waals surface area contributed by atoms with Crippen LogP contribution in [0.25, 0.3) is 0 Å². The SMILES string of the molecule is C#CCS[C@@H]1OC(C)[C@@H](C)[C@H](OC(C)=O)C1OC(C)=O. The summed E-state index contributed by atoms with van der Waals surface area (Å²) < 4.78 is 16.5. The zero-order valence-electron chi connectivity index (χ0n) is 12.1. The first kappa shape index (κ1) is 16.9. The van der Waals surface area contributed by atoms with Gasteiger partial charge < -0.3 is 14.2 Å². The Bertz CT molecular complexity index is 403. The van der Waals surface area contributed by atoms with Crippen molar-refractivity contribution in [2.24, 2.45) is 5.92 Å². The largest absolute Gasteiger partial charge is 0.458 e. The van der Waals surface area contributed by atoms with E-state index in [1.165, 1.54) is 25.6 Å². The van der Waals surface area contributed by atoms with Gasteiger partial charge in [0.2, 0.25) is 0 Å². The zero-order valence-corrected chi connectivity index (χ0v) is 12.9. The Kier molecular flexibility index (Phi) is 6.37. The predicted molar refractivity (Wildman–Crippen MR) is 75.9 cm³/mol. The van der Waals surface area contributed by atoms with Crippen molar-refractivity contribution in [3.8, 4) is 12.3 Å². The lowest BCUT2D eigenvalue weighted by Crippen LogP contribution is -2.54. The highest BCUT2D eigenvalue weighted by Crippen LogP contribution is 2.35. The van der Waals surface area contributed by atoms with E-state index in [0.29, 0.717) is 5.75 Å². The smallest absolute Gasteiger partial charge is 0.303 e. The van der Waals surface area contributed by atoms with E-state index in [1.54, 1.807) is 0 Å². The zero-order chi connectivity index (χ0) is 15.3. The number of hydrogen-bond acceptors (Lipinski definition) is 6. The number of esters is 2. The Labute approximate surface area is 123 Å². The van der Waals surface area contributed by atoms with Gasteiger partial charge in [0.15, 0.2) is 6.10 Å². The van der Waals surface area contributed by atoms with E-state index in [9.17, 15) is 9.59 Å². The summed E-state index contributed by atoms with van der Waals surface area (Å²) >= 11 is 1.36. The van der Waals surface area contributed by atoms with Crippen LogP contribution < -0.4 is 0 Å². The van der Waals surface area contributed by atoms with Crippen LogP contribution in [0.15, 0.2) is 0 Å². The standard InChI is InChI=1S/C14H20O5S/c1-6-7-20-14-13(19-11(5)16)12(18-10(4)15)8(2)9(3)17-14/h1,8-9,12-14H,7H2,2-5H3/t8-,9?,12+,13?,14+/m1/s1. The lowest BCUT2D eigenvalue weighted by Gasteiger charge is -2.43. The summed E-state index contributed by atoms with van der Waals surface area (Å²) in [7, 11) is 0. The molecule has 0 aliphatic carbocycles. The summed E-state index contributed by atoms with van der Waals surface area (Å²) in [6.45, 7) is 6.45. The van der Waals surface area contributed by atoms with Crippen LogP contribution >= 0.6 is 11.8 Å². The second kappa shape index (κ2) is 7.55. The third-order valence-electron chi connectivity index (χ3n) is 3.13. The van der Waals surface area contributed by atoms with Crippen LogP contribution in [0.1, 0.15) is 27.7 Å². The molecular formula is C14H20O5S. The molecule has 1 heterocycles. The molecule has 0 aromatic heterocycles. The first-order valence-corrected chi connectivity index (χ1v) is 7.46. The van der Waals surface area contributed by atoms with Crippen molar-refractivity contribution in [2.75, 3.05) is 5.75 Å². The monoisotopic (exact) mass is 300 g/mol. The van der Waals surface area contributed by atoms with Gasteiger partial charge in [0.25, 0.3) is 0 Å². The minimum atomic E-state index is -0.652. The molecule has 0 N–H and O–H groups in total. The van der Waals surface area contributed by atoms with Crippen molar-refractivity contribution < 1.29 is 23.8 Å². The molecule has 1 aliphatic heterocycles. The number of hydrogen-bond donors (Lipinski definition) is 0. The van der Waals surface area contributed by atoms with Crippen LogP contribution in [0, 0.1) is 18.3 Å². The molecule has 112 valence electrons. The number of rotatable bonds is 4. The Morgan fingerprint density at radius 1 is 1.20 bits per heavy atom. The van der Waals surface area contributed by atoms with Crippen molar-refractivity contribution in [3.63, 3.8) is 0 Å². The van der Waals surface area contributed by atoms with E-state index in [2.05, 4.69) is 5.92 Å². The fourth-order valence-corrected chi connectivity index (χ4v) is 2.99. The Balaban J connectivity index is 2.95. The molecule has 0 spiro atoms. The molecule has 5 atom stereocenters. The molecule has 0 saturated carbocycles. The van der Waals surface area contributed by atoms with Crippen molar-refractivity contribution >= 4 is 23.7 Å². The summed E-state index contributed by atoms with van der Waals surface area (Å²) in [6.07, 6.45) is 3.94. The molecule has 1 saturated heterocycles. The van der Waals surface area contributed by atoms with Crippen molar-refractivity contribution in [1.29, 1.82) is 0 Å². The predicted octanol–water partition coefficient (Wildman–Crippen LogP) is 1.60. The molecule has 0 aromatic carbocycles. The van der Waals surface area contributed by atoms with Crippen LogP contribution in [0.5, 0.6) is 0 Å². The molecule has 1 fully saturated rings. The Morgan fingerprint density at radius 2 is 1.75 bits per heavy atom. The molecule has 20 heavy (non-hydrogen) atoms. The van der Waals surface area contributed by atoms with Gasteiger partial charge in [-0.25, -0.2) is 0 Å². The number of carbonyl (C=O) groups excluding carboxylic acids is 2. The Hall–Kier alpha value is -1.19. The second-order valence-electron chi connectivity index (χ2n) is 4.73. The molecule has 0 radical (unpaired) electrons. The average molecular weight is 300 g/mol. The molecule has 0 aromatic rings. The third kappa shape index (κ3) is 4.43. The second-order valence-corrected chi connectivity index (χ2v) is 5.82. The minimum Gasteiger partial charge on any atom is -0.458 e. The summed E-state index contributed by atoms with van der Waals surface area (Å²) in [5.74, 6) is 2.00. The topological polar surface area (TPSA) is 61.8 Å². The van der Waals surface area contributed by atoms with Gasteiger partial charge in [0, 0.05) is 19.8 Å². The molecule has 1 aliphatic rings. The fourth-order valence-electron chi connectivity index (χ4n) is 2.08. The lowest BCUT2D eigenvalue weighted by molar-refractivity contribution is -0.204. The summed E-state index contributed by atoms with van der Waals surface area (Å²) in [5, 5.41) is 0. The normalized spacial score (nSPS) is 33.0. The molecule has 0 bridgehead atoms. The fraction of sp³-hybridized carbons (Fsp3) is 0.714. The van der Waals surface area contributed by atoms with E-state index in [1.807, 2.05) is 13.8 Å². The number of ether oxygens (including phenoxy) is 3. The summed E-state index contributed by atoms with van der Waals surface area (Å²) in [6, 6.07) is 0. The highest BCUT2D eigenvalue weighted by molar-refractivity contribution is 8.00. The van der Waals surface area contributed by atoms with E-state index >= 15 is 0 Å². The highest BCUT2D eigenvalue weighted by Gasteiger charge is 2.46. The summed E-state index contributed by atoms with van der Waals surface area (Å²) in [4.78, 5) is 22.6. The number of carbonyl (C=O) groups is 2. The van der Waals surface area contributed by atoms with Crippen LogP contribution in [0.2, 0.25) is 0 Å². The van der Waals surface area contributed by atoms with Crippen molar-refractivity contribution in [1.82, 2.24) is 0 Å². The average Bonchev–Trinajstić information content (AvgIpc) is 2.35. The van der Waals surface area contributed by atoms with E-state index in [-0.39, 0.29) is 12.0 Å². The maximum absolute atomic E-state index is 11.3. The van der Waals surface area contributed by atoms with E-state index in [0.717, 1.165) is 0 Å². The maximum Gasteiger partial charge on any atom is 0.303 e. The molecule has 0 amide bonds. The minimum absolute atomic E-state index is 0.0778.